The van der Waals surface area contributed by atoms with Gasteiger partial charge in [0.05, 0.1) is 7.11 Å². The highest BCUT2D eigenvalue weighted by Gasteiger charge is 2.23. The third-order valence-electron chi connectivity index (χ3n) is 6.73. The normalized spacial score (nSPS) is 14.8. The molecule has 200 valence electrons. The molecule has 4 aromatic rings. The lowest BCUT2D eigenvalue weighted by molar-refractivity contribution is 0.0628. The van der Waals surface area contributed by atoms with Gasteiger partial charge in [0, 0.05) is 56.2 Å². The summed E-state index contributed by atoms with van der Waals surface area (Å²) in [5, 5.41) is 0.439. The van der Waals surface area contributed by atoms with Crippen LogP contribution < -0.4 is 18.9 Å². The van der Waals surface area contributed by atoms with Crippen molar-refractivity contribution in [2.45, 2.75) is 13.0 Å². The van der Waals surface area contributed by atoms with Crippen LogP contribution in [0.15, 0.2) is 66.7 Å². The first kappa shape index (κ1) is 25.1. The molecule has 0 aliphatic carbocycles. The molecule has 0 bridgehead atoms. The maximum Gasteiger partial charge on any atom is 0.298 e. The number of hydrogen-bond acceptors (Lipinski definition) is 9. The molecular formula is C29H28N4O5S. The molecule has 10 heteroatoms. The molecule has 39 heavy (non-hydrogen) atoms. The van der Waals surface area contributed by atoms with Crippen molar-refractivity contribution in [1.82, 2.24) is 19.2 Å². The average molecular weight is 545 g/mol. The summed E-state index contributed by atoms with van der Waals surface area (Å²) in [6.45, 7) is 4.02. The van der Waals surface area contributed by atoms with Crippen molar-refractivity contribution >= 4 is 17.4 Å². The van der Waals surface area contributed by atoms with E-state index >= 15 is 0 Å². The lowest BCUT2D eigenvalue weighted by Crippen LogP contribution is -2.48. The van der Waals surface area contributed by atoms with Crippen molar-refractivity contribution in [3.05, 3.63) is 89.2 Å². The van der Waals surface area contributed by atoms with Gasteiger partial charge in [-0.15, -0.1) is 0 Å². The molecule has 3 aromatic carbocycles. The second-order valence-electron chi connectivity index (χ2n) is 9.39. The van der Waals surface area contributed by atoms with Gasteiger partial charge >= 0.3 is 0 Å². The number of rotatable bonds is 8. The first-order valence-corrected chi connectivity index (χ1v) is 13.5. The van der Waals surface area contributed by atoms with Gasteiger partial charge in [-0.1, -0.05) is 24.3 Å². The molecule has 1 saturated heterocycles. The number of fused-ring (bicyclic) bond motifs is 1. The quantitative estimate of drug-likeness (QED) is 0.318. The van der Waals surface area contributed by atoms with Gasteiger partial charge in [-0.2, -0.15) is 9.36 Å². The third kappa shape index (κ3) is 5.97. The molecule has 0 N–H and O–H groups in total. The number of amides is 1. The predicted molar refractivity (Wildman–Crippen MR) is 146 cm³/mol. The van der Waals surface area contributed by atoms with Crippen molar-refractivity contribution in [2.75, 3.05) is 40.1 Å². The number of aromatic nitrogens is 2. The molecule has 0 unspecified atom stereocenters. The van der Waals surface area contributed by atoms with Crippen LogP contribution in [0.3, 0.4) is 0 Å². The Kier molecular flexibility index (Phi) is 7.29. The fourth-order valence-electron chi connectivity index (χ4n) is 4.70. The number of piperazine rings is 1. The molecule has 1 aromatic heterocycles. The Morgan fingerprint density at radius 3 is 2.62 bits per heavy atom. The van der Waals surface area contributed by atoms with Crippen LogP contribution in [0.25, 0.3) is 0 Å². The number of methoxy groups -OCH3 is 1. The molecule has 0 radical (unpaired) electrons. The molecule has 2 aliphatic heterocycles. The van der Waals surface area contributed by atoms with Gasteiger partial charge < -0.3 is 23.8 Å². The average Bonchev–Trinajstić information content (AvgIpc) is 3.62. The Balaban J connectivity index is 1.03. The molecule has 1 fully saturated rings. The van der Waals surface area contributed by atoms with Gasteiger partial charge in [-0.25, -0.2) is 0 Å². The van der Waals surface area contributed by atoms with E-state index in [4.69, 9.17) is 18.9 Å². The number of carbonyl (C=O) groups excluding carboxylic acids is 1. The minimum atomic E-state index is -0.000780. The van der Waals surface area contributed by atoms with E-state index in [1.54, 1.807) is 13.2 Å². The van der Waals surface area contributed by atoms with Crippen LogP contribution in [-0.2, 0) is 13.0 Å². The van der Waals surface area contributed by atoms with E-state index in [1.807, 2.05) is 59.5 Å². The van der Waals surface area contributed by atoms with Crippen molar-refractivity contribution in [1.29, 1.82) is 0 Å². The van der Waals surface area contributed by atoms with Crippen molar-refractivity contribution in [3.63, 3.8) is 0 Å². The summed E-state index contributed by atoms with van der Waals surface area (Å²) in [6.07, 6.45) is 0.580. The number of nitrogens with zero attached hydrogens (tertiary/aromatic N) is 4. The van der Waals surface area contributed by atoms with Gasteiger partial charge in [-0.3, -0.25) is 9.69 Å². The van der Waals surface area contributed by atoms with Crippen LogP contribution in [0.1, 0.15) is 27.3 Å². The second kappa shape index (κ2) is 11.3. The van der Waals surface area contributed by atoms with Crippen LogP contribution >= 0.6 is 11.5 Å². The van der Waals surface area contributed by atoms with Crippen LogP contribution in [-0.4, -0.2) is 65.1 Å². The van der Waals surface area contributed by atoms with Gasteiger partial charge in [0.15, 0.2) is 17.3 Å². The lowest BCUT2D eigenvalue weighted by atomic mass is 10.1. The molecule has 3 heterocycles. The molecule has 2 aliphatic rings. The van der Waals surface area contributed by atoms with E-state index in [0.29, 0.717) is 41.8 Å². The van der Waals surface area contributed by atoms with Gasteiger partial charge in [0.1, 0.15) is 11.5 Å². The summed E-state index contributed by atoms with van der Waals surface area (Å²) < 4.78 is 26.6. The zero-order valence-corrected chi connectivity index (χ0v) is 22.4. The predicted octanol–water partition coefficient (Wildman–Crippen LogP) is 4.62. The number of ether oxygens (including phenoxy) is 4. The molecule has 0 spiro atoms. The largest absolute Gasteiger partial charge is 0.497 e. The molecule has 0 saturated carbocycles. The van der Waals surface area contributed by atoms with Gasteiger partial charge in [0.2, 0.25) is 6.79 Å². The van der Waals surface area contributed by atoms with Crippen LogP contribution in [0.2, 0.25) is 0 Å². The lowest BCUT2D eigenvalue weighted by Gasteiger charge is -2.34. The molecule has 0 atom stereocenters. The van der Waals surface area contributed by atoms with Crippen LogP contribution in [0, 0.1) is 0 Å². The SMILES string of the molecule is COc1cccc(Cc2nsc(Oc3cccc(C(=O)N4CCN(Cc5ccc6c(c5)OCO6)CC4)c3)n2)c1. The molecule has 9 nitrogen and oxygen atoms in total. The van der Waals surface area contributed by atoms with E-state index in [-0.39, 0.29) is 12.7 Å². The van der Waals surface area contributed by atoms with Crippen LogP contribution in [0.5, 0.6) is 28.2 Å². The summed E-state index contributed by atoms with van der Waals surface area (Å²) in [4.78, 5) is 22.0. The first-order valence-electron chi connectivity index (χ1n) is 12.8. The van der Waals surface area contributed by atoms with E-state index in [0.717, 1.165) is 42.4 Å². The highest BCUT2D eigenvalue weighted by atomic mass is 32.1. The number of benzene rings is 3. The Morgan fingerprint density at radius 2 is 1.74 bits per heavy atom. The highest BCUT2D eigenvalue weighted by molar-refractivity contribution is 7.07. The minimum Gasteiger partial charge on any atom is -0.497 e. The minimum absolute atomic E-state index is 0.000780. The highest BCUT2D eigenvalue weighted by Crippen LogP contribution is 2.33. The Morgan fingerprint density at radius 1 is 0.923 bits per heavy atom. The van der Waals surface area contributed by atoms with E-state index in [1.165, 1.54) is 17.1 Å². The topological polar surface area (TPSA) is 86.3 Å². The maximum absolute atomic E-state index is 13.2. The standard InChI is InChI=1S/C29H28N4O5S/c1-35-23-6-2-4-20(14-23)16-27-30-29(39-31-27)38-24-7-3-5-22(17-24)28(34)33-12-10-32(11-13-33)18-21-8-9-25-26(15-21)37-19-36-25/h2-9,14-15,17H,10-13,16,18-19H2,1H3. The summed E-state index contributed by atoms with van der Waals surface area (Å²) >= 11 is 1.19. The van der Waals surface area contributed by atoms with Crippen molar-refractivity contribution < 1.29 is 23.7 Å². The maximum atomic E-state index is 13.2. The summed E-state index contributed by atoms with van der Waals surface area (Å²) in [5.74, 6) is 3.62. The summed E-state index contributed by atoms with van der Waals surface area (Å²) in [7, 11) is 1.65. The Hall–Kier alpha value is -4.15. The van der Waals surface area contributed by atoms with Crippen molar-refractivity contribution in [2.24, 2.45) is 0 Å². The van der Waals surface area contributed by atoms with Gasteiger partial charge in [-0.05, 0) is 53.6 Å². The zero-order valence-electron chi connectivity index (χ0n) is 21.5. The first-order chi connectivity index (χ1) is 19.1. The van der Waals surface area contributed by atoms with Crippen molar-refractivity contribution in [3.8, 4) is 28.2 Å². The van der Waals surface area contributed by atoms with E-state index in [9.17, 15) is 4.79 Å². The third-order valence-corrected chi connectivity index (χ3v) is 7.37. The molecular weight excluding hydrogens is 516 g/mol. The fraction of sp³-hybridized carbons (Fsp3) is 0.276. The van der Waals surface area contributed by atoms with Crippen LogP contribution in [0.4, 0.5) is 0 Å². The zero-order chi connectivity index (χ0) is 26.6. The summed E-state index contributed by atoms with van der Waals surface area (Å²) in [5.41, 5.74) is 2.83. The Labute approximate surface area is 230 Å². The number of hydrogen-bond donors (Lipinski definition) is 0. The molecule has 1 amide bonds. The summed E-state index contributed by atoms with van der Waals surface area (Å²) in [6, 6.07) is 21.1. The monoisotopic (exact) mass is 544 g/mol. The molecule has 6 rings (SSSR count). The second-order valence-corrected chi connectivity index (χ2v) is 10.1. The number of carbonyl (C=O) groups is 1. The Bertz CT molecular complexity index is 1470. The smallest absolute Gasteiger partial charge is 0.298 e. The van der Waals surface area contributed by atoms with Gasteiger partial charge in [0.25, 0.3) is 11.1 Å². The fourth-order valence-corrected chi connectivity index (χ4v) is 5.27. The van der Waals surface area contributed by atoms with E-state index in [2.05, 4.69) is 20.3 Å². The van der Waals surface area contributed by atoms with E-state index < -0.39 is 0 Å².